The number of thiazole rings is 1. The lowest BCUT2D eigenvalue weighted by Gasteiger charge is -2.31. The molecular weight excluding hydrogens is 617 g/mol. The Kier molecular flexibility index (Phi) is 6.66. The smallest absolute Gasteiger partial charge is 0.289 e. The van der Waals surface area contributed by atoms with E-state index in [1.165, 1.54) is 29.0 Å². The maximum atomic E-state index is 14.0. The van der Waals surface area contributed by atoms with Crippen molar-refractivity contribution in [2.45, 2.75) is 18.9 Å². The summed E-state index contributed by atoms with van der Waals surface area (Å²) in [7, 11) is 0. The fourth-order valence-corrected chi connectivity index (χ4v) is 7.27. The van der Waals surface area contributed by atoms with Crippen LogP contribution >= 0.6 is 46.1 Å². The number of aromatic nitrogens is 1. The molecule has 1 unspecified atom stereocenters. The van der Waals surface area contributed by atoms with Gasteiger partial charge in [0, 0.05) is 28.3 Å². The summed E-state index contributed by atoms with van der Waals surface area (Å²) in [6, 6.07) is 21.4. The standard InChI is InChI=1S/C31H18Cl3N3O4S/c32-22-8-4-3-7-19(22)29-20-11-9-16-5-1-2-6-18(16)28(20)35-31-36(29)30(38)27(42-31)13-17-10-12-26(41-17)21-14-24(34)25(37(39)40)15-23(21)33/h1-8,10,12-15,29H,9,11H2/b27-13+. The van der Waals surface area contributed by atoms with E-state index in [1.54, 1.807) is 22.8 Å². The van der Waals surface area contributed by atoms with E-state index in [2.05, 4.69) is 12.1 Å². The number of allylic oxidation sites excluding steroid dienone is 1. The molecule has 7 nitrogen and oxygen atoms in total. The molecule has 42 heavy (non-hydrogen) atoms. The van der Waals surface area contributed by atoms with Crippen molar-refractivity contribution < 1.29 is 9.34 Å². The van der Waals surface area contributed by atoms with E-state index in [0.717, 1.165) is 35.2 Å². The predicted molar refractivity (Wildman–Crippen MR) is 165 cm³/mol. The van der Waals surface area contributed by atoms with Crippen LogP contribution in [0.15, 0.2) is 92.6 Å². The summed E-state index contributed by atoms with van der Waals surface area (Å²) in [6.45, 7) is 0. The maximum absolute atomic E-state index is 14.0. The van der Waals surface area contributed by atoms with E-state index in [-0.39, 0.29) is 21.3 Å². The monoisotopic (exact) mass is 633 g/mol. The van der Waals surface area contributed by atoms with Gasteiger partial charge in [-0.2, -0.15) is 0 Å². The summed E-state index contributed by atoms with van der Waals surface area (Å²) in [4.78, 5) is 30.2. The second-order valence-electron chi connectivity index (χ2n) is 9.88. The van der Waals surface area contributed by atoms with E-state index in [4.69, 9.17) is 44.2 Å². The van der Waals surface area contributed by atoms with Gasteiger partial charge in [0.15, 0.2) is 4.80 Å². The average molecular weight is 635 g/mol. The third-order valence-electron chi connectivity index (χ3n) is 7.47. The molecule has 5 aromatic rings. The van der Waals surface area contributed by atoms with Crippen LogP contribution in [-0.4, -0.2) is 9.49 Å². The fourth-order valence-electron chi connectivity index (χ4n) is 5.57. The van der Waals surface area contributed by atoms with Gasteiger partial charge in [-0.25, -0.2) is 4.99 Å². The molecule has 1 aliphatic heterocycles. The molecule has 0 radical (unpaired) electrons. The summed E-state index contributed by atoms with van der Waals surface area (Å²) in [5, 5.41) is 11.9. The Hall–Kier alpha value is -3.95. The van der Waals surface area contributed by atoms with Crippen LogP contribution in [-0.2, 0) is 6.42 Å². The first-order valence-electron chi connectivity index (χ1n) is 12.9. The van der Waals surface area contributed by atoms with Gasteiger partial charge in [0.2, 0.25) is 0 Å². The van der Waals surface area contributed by atoms with Gasteiger partial charge in [-0.1, -0.05) is 88.6 Å². The van der Waals surface area contributed by atoms with Crippen LogP contribution in [0.1, 0.15) is 34.9 Å². The van der Waals surface area contributed by atoms with Crippen molar-refractivity contribution in [3.05, 3.63) is 146 Å². The zero-order chi connectivity index (χ0) is 29.1. The van der Waals surface area contributed by atoms with Crippen molar-refractivity contribution in [2.75, 3.05) is 0 Å². The minimum absolute atomic E-state index is 0.0595. The Morgan fingerprint density at radius 1 is 0.952 bits per heavy atom. The van der Waals surface area contributed by atoms with E-state index in [9.17, 15) is 14.9 Å². The quantitative estimate of drug-likeness (QED) is 0.152. The molecule has 7 rings (SSSR count). The van der Waals surface area contributed by atoms with Gasteiger partial charge in [0.1, 0.15) is 16.5 Å². The lowest BCUT2D eigenvalue weighted by atomic mass is 9.83. The number of aryl methyl sites for hydroxylation is 1. The molecule has 0 saturated heterocycles. The van der Waals surface area contributed by atoms with Crippen molar-refractivity contribution in [3.8, 4) is 11.3 Å². The molecule has 0 saturated carbocycles. The molecule has 2 aromatic heterocycles. The molecule has 0 fully saturated rings. The van der Waals surface area contributed by atoms with Crippen molar-refractivity contribution in [2.24, 2.45) is 4.99 Å². The molecule has 0 N–H and O–H groups in total. The number of nitro benzene ring substituents is 1. The minimum Gasteiger partial charge on any atom is -0.457 e. The third kappa shape index (κ3) is 4.42. The van der Waals surface area contributed by atoms with E-state index in [0.29, 0.717) is 31.4 Å². The van der Waals surface area contributed by atoms with Crippen LogP contribution in [0.5, 0.6) is 0 Å². The number of halogens is 3. The van der Waals surface area contributed by atoms with E-state index >= 15 is 0 Å². The number of hydrogen-bond acceptors (Lipinski definition) is 6. The van der Waals surface area contributed by atoms with Crippen LogP contribution in [0.25, 0.3) is 23.1 Å². The van der Waals surface area contributed by atoms with Crippen molar-refractivity contribution >= 4 is 63.6 Å². The molecule has 3 aromatic carbocycles. The molecule has 0 bridgehead atoms. The first-order chi connectivity index (χ1) is 20.3. The molecular formula is C31H18Cl3N3O4S. The first kappa shape index (κ1) is 26.9. The Morgan fingerprint density at radius 3 is 2.55 bits per heavy atom. The lowest BCUT2D eigenvalue weighted by Crippen LogP contribution is -2.38. The van der Waals surface area contributed by atoms with E-state index < -0.39 is 11.0 Å². The highest BCUT2D eigenvalue weighted by atomic mass is 35.5. The highest BCUT2D eigenvalue weighted by molar-refractivity contribution is 7.07. The van der Waals surface area contributed by atoms with Crippen LogP contribution in [0.2, 0.25) is 15.1 Å². The largest absolute Gasteiger partial charge is 0.457 e. The Bertz CT molecular complexity index is 2160. The summed E-state index contributed by atoms with van der Waals surface area (Å²) in [5.74, 6) is 0.765. The topological polar surface area (TPSA) is 90.6 Å². The van der Waals surface area contributed by atoms with Crippen molar-refractivity contribution in [3.63, 3.8) is 0 Å². The predicted octanol–water partition coefficient (Wildman–Crippen LogP) is 7.45. The van der Waals surface area contributed by atoms with Gasteiger partial charge >= 0.3 is 0 Å². The van der Waals surface area contributed by atoms with Crippen LogP contribution in [0.4, 0.5) is 5.69 Å². The number of nitro groups is 1. The number of furan rings is 1. The lowest BCUT2D eigenvalue weighted by molar-refractivity contribution is -0.384. The average Bonchev–Trinajstić information content (AvgIpc) is 3.57. The number of rotatable bonds is 4. The summed E-state index contributed by atoms with van der Waals surface area (Å²) >= 11 is 20.4. The molecule has 0 spiro atoms. The fraction of sp³-hybridized carbons (Fsp3) is 0.0968. The van der Waals surface area contributed by atoms with Crippen molar-refractivity contribution in [1.82, 2.24) is 4.57 Å². The first-order valence-corrected chi connectivity index (χ1v) is 14.9. The van der Waals surface area contributed by atoms with Crippen LogP contribution in [0, 0.1) is 10.1 Å². The number of fused-ring (bicyclic) bond motifs is 3. The van der Waals surface area contributed by atoms with Crippen LogP contribution in [0.3, 0.4) is 0 Å². The Morgan fingerprint density at radius 2 is 1.74 bits per heavy atom. The molecule has 208 valence electrons. The molecule has 1 atom stereocenters. The minimum atomic E-state index is -0.600. The molecule has 2 aliphatic rings. The highest BCUT2D eigenvalue weighted by Gasteiger charge is 2.33. The van der Waals surface area contributed by atoms with Gasteiger partial charge in [-0.05, 0) is 53.8 Å². The molecule has 0 amide bonds. The second kappa shape index (κ2) is 10.4. The summed E-state index contributed by atoms with van der Waals surface area (Å²) in [5.41, 5.74) is 5.00. The number of nitrogens with zero attached hydrogens (tertiary/aromatic N) is 3. The number of hydrogen-bond donors (Lipinski definition) is 0. The second-order valence-corrected chi connectivity index (χ2v) is 12.1. The van der Waals surface area contributed by atoms with Gasteiger partial charge in [0.25, 0.3) is 11.2 Å². The van der Waals surface area contributed by atoms with Gasteiger partial charge in [-0.3, -0.25) is 19.5 Å². The number of benzene rings is 3. The summed E-state index contributed by atoms with van der Waals surface area (Å²) in [6.07, 6.45) is 3.27. The van der Waals surface area contributed by atoms with Crippen LogP contribution < -0.4 is 14.9 Å². The summed E-state index contributed by atoms with van der Waals surface area (Å²) < 4.78 is 8.16. The third-order valence-corrected chi connectivity index (χ3v) is 9.41. The van der Waals surface area contributed by atoms with Crippen molar-refractivity contribution in [1.29, 1.82) is 0 Å². The molecule has 11 heteroatoms. The van der Waals surface area contributed by atoms with Gasteiger partial charge in [0.05, 0.1) is 26.2 Å². The van der Waals surface area contributed by atoms with Gasteiger partial charge in [-0.15, -0.1) is 0 Å². The molecule has 3 heterocycles. The van der Waals surface area contributed by atoms with Gasteiger partial charge < -0.3 is 4.42 Å². The normalized spacial score (nSPS) is 16.1. The highest BCUT2D eigenvalue weighted by Crippen LogP contribution is 2.43. The maximum Gasteiger partial charge on any atom is 0.289 e. The SMILES string of the molecule is O=c1/c(=C\c2ccc(-c3cc(Cl)c([N+](=O)[O-])cc3Cl)o2)sc2n1C(c1ccccc1Cl)C1=C(N=2)c2ccccc2CC1. The zero-order valence-electron chi connectivity index (χ0n) is 21.5. The Balaban J connectivity index is 1.38. The zero-order valence-corrected chi connectivity index (χ0v) is 24.6. The molecule has 1 aliphatic carbocycles. The Labute approximate surface area is 257 Å². The van der Waals surface area contributed by atoms with E-state index in [1.807, 2.05) is 36.4 Å².